The fourth-order valence-corrected chi connectivity index (χ4v) is 2.85. The Hall–Kier alpha value is -1.10. The van der Waals surface area contributed by atoms with E-state index in [0.717, 1.165) is 37.2 Å². The lowest BCUT2D eigenvalue weighted by Crippen LogP contribution is -2.38. The zero-order valence-electron chi connectivity index (χ0n) is 12.8. The Kier molecular flexibility index (Phi) is 6.03. The number of nitrogens with one attached hydrogen (secondary N) is 2. The van der Waals surface area contributed by atoms with Crippen LogP contribution in [0.4, 0.5) is 5.69 Å². The SMILES string of the molecule is Cc1ccc(NC(=O)CN(C)C2CCCNCC2)cc1Cl. The molecule has 1 aliphatic heterocycles. The van der Waals surface area contributed by atoms with E-state index < -0.39 is 0 Å². The summed E-state index contributed by atoms with van der Waals surface area (Å²) in [6.07, 6.45) is 3.41. The Morgan fingerprint density at radius 3 is 3.00 bits per heavy atom. The highest BCUT2D eigenvalue weighted by atomic mass is 35.5. The second-order valence-corrected chi connectivity index (χ2v) is 6.17. The molecule has 4 nitrogen and oxygen atoms in total. The zero-order valence-corrected chi connectivity index (χ0v) is 13.5. The van der Waals surface area contributed by atoms with Gasteiger partial charge in [0.15, 0.2) is 0 Å². The molecule has 0 saturated carbocycles. The number of amides is 1. The minimum absolute atomic E-state index is 0.00891. The van der Waals surface area contributed by atoms with E-state index in [-0.39, 0.29) is 5.91 Å². The standard InChI is InChI=1S/C16H24ClN3O/c1-12-5-6-13(10-15(12)17)19-16(21)11-20(2)14-4-3-8-18-9-7-14/h5-6,10,14,18H,3-4,7-9,11H2,1-2H3,(H,19,21). The van der Waals surface area contributed by atoms with Crippen LogP contribution in [0.5, 0.6) is 0 Å². The summed E-state index contributed by atoms with van der Waals surface area (Å²) in [6.45, 7) is 4.47. The van der Waals surface area contributed by atoms with Crippen molar-refractivity contribution in [3.8, 4) is 0 Å². The molecular weight excluding hydrogens is 286 g/mol. The number of carbonyl (C=O) groups is 1. The molecule has 1 aromatic carbocycles. The fraction of sp³-hybridized carbons (Fsp3) is 0.562. The lowest BCUT2D eigenvalue weighted by Gasteiger charge is -2.26. The molecule has 0 aliphatic carbocycles. The third-order valence-corrected chi connectivity index (χ3v) is 4.42. The molecule has 0 bridgehead atoms. The van der Waals surface area contributed by atoms with Crippen molar-refractivity contribution in [3.05, 3.63) is 28.8 Å². The van der Waals surface area contributed by atoms with Crippen LogP contribution in [-0.2, 0) is 4.79 Å². The summed E-state index contributed by atoms with van der Waals surface area (Å²) in [5.74, 6) is 0.00891. The second kappa shape index (κ2) is 7.78. The summed E-state index contributed by atoms with van der Waals surface area (Å²) in [7, 11) is 2.03. The molecule has 2 rings (SSSR count). The van der Waals surface area contributed by atoms with Crippen molar-refractivity contribution < 1.29 is 4.79 Å². The highest BCUT2D eigenvalue weighted by Crippen LogP contribution is 2.20. The van der Waals surface area contributed by atoms with Gasteiger partial charge in [-0.1, -0.05) is 17.7 Å². The van der Waals surface area contributed by atoms with E-state index in [1.54, 1.807) is 6.07 Å². The molecule has 116 valence electrons. The number of nitrogens with zero attached hydrogens (tertiary/aromatic N) is 1. The Morgan fingerprint density at radius 1 is 1.43 bits per heavy atom. The van der Waals surface area contributed by atoms with Crippen molar-refractivity contribution >= 4 is 23.2 Å². The topological polar surface area (TPSA) is 44.4 Å². The number of aryl methyl sites for hydroxylation is 1. The zero-order chi connectivity index (χ0) is 15.2. The molecule has 1 fully saturated rings. The Morgan fingerprint density at radius 2 is 2.24 bits per heavy atom. The molecule has 21 heavy (non-hydrogen) atoms. The van der Waals surface area contributed by atoms with Crippen LogP contribution in [-0.4, -0.2) is 43.5 Å². The van der Waals surface area contributed by atoms with E-state index in [4.69, 9.17) is 11.6 Å². The first kappa shape index (κ1) is 16.3. The number of carbonyl (C=O) groups excluding carboxylic acids is 1. The van der Waals surface area contributed by atoms with Crippen LogP contribution in [0.15, 0.2) is 18.2 Å². The summed E-state index contributed by atoms with van der Waals surface area (Å²) in [5, 5.41) is 6.99. The minimum Gasteiger partial charge on any atom is -0.325 e. The minimum atomic E-state index is 0.00891. The van der Waals surface area contributed by atoms with Crippen LogP contribution < -0.4 is 10.6 Å². The average molecular weight is 310 g/mol. The number of halogens is 1. The van der Waals surface area contributed by atoms with Gasteiger partial charge in [-0.15, -0.1) is 0 Å². The van der Waals surface area contributed by atoms with Crippen molar-refractivity contribution in [1.82, 2.24) is 10.2 Å². The summed E-state index contributed by atoms with van der Waals surface area (Å²) in [5.41, 5.74) is 1.77. The summed E-state index contributed by atoms with van der Waals surface area (Å²) >= 11 is 6.07. The van der Waals surface area contributed by atoms with E-state index in [1.165, 1.54) is 6.42 Å². The number of hydrogen-bond donors (Lipinski definition) is 2. The van der Waals surface area contributed by atoms with Gasteiger partial charge in [-0.2, -0.15) is 0 Å². The molecule has 1 saturated heterocycles. The van der Waals surface area contributed by atoms with Gasteiger partial charge in [0, 0.05) is 16.8 Å². The summed E-state index contributed by atoms with van der Waals surface area (Å²) in [4.78, 5) is 14.3. The molecule has 0 aromatic heterocycles. The van der Waals surface area contributed by atoms with Gasteiger partial charge in [-0.05, 0) is 64.0 Å². The van der Waals surface area contributed by atoms with Gasteiger partial charge in [-0.25, -0.2) is 0 Å². The molecule has 1 atom stereocenters. The van der Waals surface area contributed by atoms with Crippen molar-refractivity contribution in [2.24, 2.45) is 0 Å². The van der Waals surface area contributed by atoms with Crippen LogP contribution in [0.2, 0.25) is 5.02 Å². The van der Waals surface area contributed by atoms with Gasteiger partial charge in [0.2, 0.25) is 5.91 Å². The van der Waals surface area contributed by atoms with Crippen LogP contribution in [0, 0.1) is 6.92 Å². The normalized spacial score (nSPS) is 19.3. The molecule has 1 aromatic rings. The lowest BCUT2D eigenvalue weighted by molar-refractivity contribution is -0.117. The summed E-state index contributed by atoms with van der Waals surface area (Å²) in [6, 6.07) is 6.07. The molecule has 1 unspecified atom stereocenters. The first-order valence-electron chi connectivity index (χ1n) is 7.53. The molecular formula is C16H24ClN3O. The van der Waals surface area contributed by atoms with Gasteiger partial charge >= 0.3 is 0 Å². The van der Waals surface area contributed by atoms with E-state index in [9.17, 15) is 4.79 Å². The number of anilines is 1. The quantitative estimate of drug-likeness (QED) is 0.899. The van der Waals surface area contributed by atoms with E-state index in [1.807, 2.05) is 26.1 Å². The van der Waals surface area contributed by atoms with E-state index in [0.29, 0.717) is 17.6 Å². The average Bonchev–Trinajstić information content (AvgIpc) is 2.72. The molecule has 2 N–H and O–H groups in total. The monoisotopic (exact) mass is 309 g/mol. The predicted octanol–water partition coefficient (Wildman–Crippen LogP) is 2.66. The molecule has 0 spiro atoms. The van der Waals surface area contributed by atoms with Gasteiger partial charge in [0.05, 0.1) is 6.54 Å². The lowest BCUT2D eigenvalue weighted by atomic mass is 10.1. The van der Waals surface area contributed by atoms with Crippen LogP contribution in [0.1, 0.15) is 24.8 Å². The molecule has 5 heteroatoms. The highest BCUT2D eigenvalue weighted by molar-refractivity contribution is 6.31. The maximum Gasteiger partial charge on any atom is 0.238 e. The van der Waals surface area contributed by atoms with E-state index in [2.05, 4.69) is 15.5 Å². The van der Waals surface area contributed by atoms with Crippen molar-refractivity contribution in [3.63, 3.8) is 0 Å². The Balaban J connectivity index is 1.86. The van der Waals surface area contributed by atoms with Crippen LogP contribution in [0.25, 0.3) is 0 Å². The molecule has 1 heterocycles. The van der Waals surface area contributed by atoms with Gasteiger partial charge in [-0.3, -0.25) is 9.69 Å². The first-order chi connectivity index (χ1) is 10.1. The van der Waals surface area contributed by atoms with Gasteiger partial charge in [0.1, 0.15) is 0 Å². The Bertz CT molecular complexity index is 484. The number of hydrogen-bond acceptors (Lipinski definition) is 3. The smallest absolute Gasteiger partial charge is 0.238 e. The number of likely N-dealkylation sites (N-methyl/N-ethyl adjacent to an activating group) is 1. The summed E-state index contributed by atoms with van der Waals surface area (Å²) < 4.78 is 0. The van der Waals surface area contributed by atoms with Crippen LogP contribution in [0.3, 0.4) is 0 Å². The molecule has 0 radical (unpaired) electrons. The van der Waals surface area contributed by atoms with Crippen molar-refractivity contribution in [2.45, 2.75) is 32.2 Å². The van der Waals surface area contributed by atoms with Crippen molar-refractivity contribution in [2.75, 3.05) is 32.0 Å². The molecule has 1 amide bonds. The third-order valence-electron chi connectivity index (χ3n) is 4.02. The van der Waals surface area contributed by atoms with Crippen LogP contribution >= 0.6 is 11.6 Å². The maximum absolute atomic E-state index is 12.1. The van der Waals surface area contributed by atoms with E-state index >= 15 is 0 Å². The van der Waals surface area contributed by atoms with Gasteiger partial charge < -0.3 is 10.6 Å². The maximum atomic E-state index is 12.1. The van der Waals surface area contributed by atoms with Crippen molar-refractivity contribution in [1.29, 1.82) is 0 Å². The Labute approximate surface area is 131 Å². The van der Waals surface area contributed by atoms with Gasteiger partial charge in [0.25, 0.3) is 0 Å². The molecule has 1 aliphatic rings. The number of rotatable bonds is 4. The first-order valence-corrected chi connectivity index (χ1v) is 7.91. The predicted molar refractivity (Wildman–Crippen MR) is 88.0 cm³/mol. The third kappa shape index (κ3) is 4.99. The highest BCUT2D eigenvalue weighted by Gasteiger charge is 2.18. The number of benzene rings is 1. The fourth-order valence-electron chi connectivity index (χ4n) is 2.67. The second-order valence-electron chi connectivity index (χ2n) is 5.76. The largest absolute Gasteiger partial charge is 0.325 e.